The minimum atomic E-state index is -0.165. The minimum absolute atomic E-state index is 0.144. The highest BCUT2D eigenvalue weighted by molar-refractivity contribution is 5.84. The largest absolute Gasteiger partial charge is 0.468 e. The van der Waals surface area contributed by atoms with Gasteiger partial charge < -0.3 is 10.1 Å². The number of carbonyl (C=O) groups excluding carboxylic acids is 1. The van der Waals surface area contributed by atoms with Gasteiger partial charge in [0.1, 0.15) is 5.92 Å². The van der Waals surface area contributed by atoms with Crippen LogP contribution < -0.4 is 5.32 Å². The van der Waals surface area contributed by atoms with E-state index in [0.717, 1.165) is 11.3 Å². The first kappa shape index (κ1) is 9.06. The summed E-state index contributed by atoms with van der Waals surface area (Å²) in [6.45, 7) is 2.68. The summed E-state index contributed by atoms with van der Waals surface area (Å²) >= 11 is 0. The van der Waals surface area contributed by atoms with E-state index in [1.165, 1.54) is 12.7 Å². The normalized spacial score (nSPS) is 18.6. The van der Waals surface area contributed by atoms with Crippen LogP contribution in [0.15, 0.2) is 18.2 Å². The number of ether oxygens (including phenoxy) is 1. The molecule has 2 rings (SSSR count). The zero-order chi connectivity index (χ0) is 10.1. The second-order valence-electron chi connectivity index (χ2n) is 3.50. The Morgan fingerprint density at radius 1 is 1.57 bits per heavy atom. The third-order valence-corrected chi connectivity index (χ3v) is 2.65. The van der Waals surface area contributed by atoms with E-state index in [1.54, 1.807) is 0 Å². The fraction of sp³-hybridized carbons (Fsp3) is 0.364. The molecule has 0 bridgehead atoms. The first-order valence-corrected chi connectivity index (χ1v) is 4.65. The van der Waals surface area contributed by atoms with E-state index in [2.05, 4.69) is 5.32 Å². The maximum atomic E-state index is 11.4. The van der Waals surface area contributed by atoms with Gasteiger partial charge in [-0.15, -0.1) is 0 Å². The van der Waals surface area contributed by atoms with E-state index >= 15 is 0 Å². The number of anilines is 1. The minimum Gasteiger partial charge on any atom is -0.468 e. The summed E-state index contributed by atoms with van der Waals surface area (Å²) in [4.78, 5) is 11.4. The van der Waals surface area contributed by atoms with E-state index < -0.39 is 0 Å². The molecule has 1 aliphatic heterocycles. The molecular weight excluding hydrogens is 178 g/mol. The van der Waals surface area contributed by atoms with E-state index in [4.69, 9.17) is 4.74 Å². The Hall–Kier alpha value is -1.51. The second kappa shape index (κ2) is 3.33. The molecule has 1 atom stereocenters. The van der Waals surface area contributed by atoms with Gasteiger partial charge >= 0.3 is 5.97 Å². The van der Waals surface area contributed by atoms with Crippen LogP contribution in [-0.2, 0) is 9.53 Å². The van der Waals surface area contributed by atoms with Gasteiger partial charge in [0.25, 0.3) is 0 Å². The van der Waals surface area contributed by atoms with E-state index in [0.29, 0.717) is 6.54 Å². The van der Waals surface area contributed by atoms with Gasteiger partial charge in [-0.05, 0) is 18.1 Å². The highest BCUT2D eigenvalue weighted by Crippen LogP contribution is 2.34. The van der Waals surface area contributed by atoms with E-state index in [1.807, 2.05) is 25.1 Å². The van der Waals surface area contributed by atoms with Gasteiger partial charge in [0.05, 0.1) is 7.11 Å². The molecule has 1 N–H and O–H groups in total. The number of nitrogens with one attached hydrogen (secondary N) is 1. The van der Waals surface area contributed by atoms with Crippen molar-refractivity contribution in [3.63, 3.8) is 0 Å². The molecule has 74 valence electrons. The number of benzene rings is 1. The van der Waals surface area contributed by atoms with Crippen LogP contribution in [0.5, 0.6) is 0 Å². The Balaban J connectivity index is 2.40. The predicted octanol–water partition coefficient (Wildman–Crippen LogP) is 1.68. The standard InChI is InChI=1S/C11H13NO2/c1-7-4-3-5-8-9(11(13)14-2)6-12-10(7)8/h3-5,9,12H,6H2,1-2H3. The molecule has 1 aliphatic rings. The number of hydrogen-bond acceptors (Lipinski definition) is 3. The lowest BCUT2D eigenvalue weighted by Gasteiger charge is -2.07. The van der Waals surface area contributed by atoms with Crippen LogP contribution in [0.2, 0.25) is 0 Å². The molecule has 0 aliphatic carbocycles. The fourth-order valence-electron chi connectivity index (χ4n) is 1.89. The van der Waals surface area contributed by atoms with Crippen LogP contribution in [0.3, 0.4) is 0 Å². The molecule has 0 saturated carbocycles. The number of methoxy groups -OCH3 is 1. The number of para-hydroxylation sites is 1. The van der Waals surface area contributed by atoms with Crippen LogP contribution in [-0.4, -0.2) is 19.6 Å². The molecule has 0 saturated heterocycles. The Kier molecular flexibility index (Phi) is 2.15. The van der Waals surface area contributed by atoms with Crippen LogP contribution in [0.25, 0.3) is 0 Å². The molecule has 1 aromatic carbocycles. The summed E-state index contributed by atoms with van der Waals surface area (Å²) in [5.41, 5.74) is 3.31. The first-order valence-electron chi connectivity index (χ1n) is 4.65. The maximum Gasteiger partial charge on any atom is 0.315 e. The molecule has 1 aromatic rings. The van der Waals surface area contributed by atoms with Gasteiger partial charge in [0.2, 0.25) is 0 Å². The average Bonchev–Trinajstić information content (AvgIpc) is 2.62. The summed E-state index contributed by atoms with van der Waals surface area (Å²) in [5.74, 6) is -0.309. The molecular formula is C11H13NO2. The van der Waals surface area contributed by atoms with Crippen molar-refractivity contribution in [1.82, 2.24) is 0 Å². The van der Waals surface area contributed by atoms with Crippen molar-refractivity contribution in [2.24, 2.45) is 0 Å². The number of esters is 1. The third-order valence-electron chi connectivity index (χ3n) is 2.65. The molecule has 1 unspecified atom stereocenters. The Labute approximate surface area is 83.1 Å². The fourth-order valence-corrected chi connectivity index (χ4v) is 1.89. The van der Waals surface area contributed by atoms with Gasteiger partial charge in [-0.3, -0.25) is 4.79 Å². The maximum absolute atomic E-state index is 11.4. The predicted molar refractivity (Wildman–Crippen MR) is 54.4 cm³/mol. The van der Waals surface area contributed by atoms with Crippen LogP contribution in [0.1, 0.15) is 17.0 Å². The average molecular weight is 191 g/mol. The molecule has 3 heteroatoms. The van der Waals surface area contributed by atoms with Crippen LogP contribution in [0, 0.1) is 6.92 Å². The number of fused-ring (bicyclic) bond motifs is 1. The monoisotopic (exact) mass is 191 g/mol. The molecule has 0 radical (unpaired) electrons. The van der Waals surface area contributed by atoms with Gasteiger partial charge in [-0.2, -0.15) is 0 Å². The summed E-state index contributed by atoms with van der Waals surface area (Å²) in [7, 11) is 1.43. The third kappa shape index (κ3) is 1.25. The Morgan fingerprint density at radius 3 is 3.07 bits per heavy atom. The number of carbonyl (C=O) groups is 1. The lowest BCUT2D eigenvalue weighted by atomic mass is 10.00. The molecule has 3 nitrogen and oxygen atoms in total. The molecule has 0 fully saturated rings. The number of aryl methyl sites for hydroxylation is 1. The lowest BCUT2D eigenvalue weighted by molar-refractivity contribution is -0.141. The number of hydrogen-bond donors (Lipinski definition) is 1. The van der Waals surface area contributed by atoms with E-state index in [-0.39, 0.29) is 11.9 Å². The van der Waals surface area contributed by atoms with Crippen molar-refractivity contribution in [2.45, 2.75) is 12.8 Å². The first-order chi connectivity index (χ1) is 6.74. The smallest absolute Gasteiger partial charge is 0.315 e. The van der Waals surface area contributed by atoms with Crippen molar-refractivity contribution in [3.05, 3.63) is 29.3 Å². The van der Waals surface area contributed by atoms with Gasteiger partial charge in [0.15, 0.2) is 0 Å². The van der Waals surface area contributed by atoms with Crippen molar-refractivity contribution >= 4 is 11.7 Å². The highest BCUT2D eigenvalue weighted by Gasteiger charge is 2.29. The van der Waals surface area contributed by atoms with Crippen molar-refractivity contribution in [2.75, 3.05) is 19.0 Å². The second-order valence-corrected chi connectivity index (χ2v) is 3.50. The van der Waals surface area contributed by atoms with E-state index in [9.17, 15) is 4.79 Å². The van der Waals surface area contributed by atoms with Gasteiger partial charge in [-0.1, -0.05) is 18.2 Å². The van der Waals surface area contributed by atoms with Gasteiger partial charge in [-0.25, -0.2) is 0 Å². The lowest BCUT2D eigenvalue weighted by Crippen LogP contribution is -2.15. The van der Waals surface area contributed by atoms with Crippen LogP contribution in [0.4, 0.5) is 5.69 Å². The Bertz CT molecular complexity index is 374. The quantitative estimate of drug-likeness (QED) is 0.686. The summed E-state index contributed by atoms with van der Waals surface area (Å²) in [6.07, 6.45) is 0. The zero-order valence-corrected chi connectivity index (χ0v) is 8.33. The summed E-state index contributed by atoms with van der Waals surface area (Å²) in [6, 6.07) is 5.98. The molecule has 0 aromatic heterocycles. The summed E-state index contributed by atoms with van der Waals surface area (Å²) in [5, 5.41) is 3.23. The topological polar surface area (TPSA) is 38.3 Å². The van der Waals surface area contributed by atoms with Crippen molar-refractivity contribution in [3.8, 4) is 0 Å². The van der Waals surface area contributed by atoms with Gasteiger partial charge in [0, 0.05) is 12.2 Å². The van der Waals surface area contributed by atoms with Crippen LogP contribution >= 0.6 is 0 Å². The summed E-state index contributed by atoms with van der Waals surface area (Å²) < 4.78 is 4.75. The Morgan fingerprint density at radius 2 is 2.36 bits per heavy atom. The zero-order valence-electron chi connectivity index (χ0n) is 8.33. The van der Waals surface area contributed by atoms with Crippen molar-refractivity contribution < 1.29 is 9.53 Å². The molecule has 1 heterocycles. The highest BCUT2D eigenvalue weighted by atomic mass is 16.5. The molecule has 0 amide bonds. The molecule has 0 spiro atoms. The SMILES string of the molecule is COC(=O)C1CNc2c(C)cccc21. The number of rotatable bonds is 1. The van der Waals surface area contributed by atoms with Crippen molar-refractivity contribution in [1.29, 1.82) is 0 Å². The molecule has 14 heavy (non-hydrogen) atoms.